The van der Waals surface area contributed by atoms with Crippen LogP contribution in [0.1, 0.15) is 15.4 Å². The third-order valence-electron chi connectivity index (χ3n) is 2.23. The molecule has 0 fully saturated rings. The molecule has 0 unspecified atom stereocenters. The topological polar surface area (TPSA) is 80.0 Å². The summed E-state index contributed by atoms with van der Waals surface area (Å²) in [5.41, 5.74) is 3.59. The van der Waals surface area contributed by atoms with Gasteiger partial charge in [0.05, 0.1) is 5.69 Å². The van der Waals surface area contributed by atoms with Crippen LogP contribution in [0.3, 0.4) is 0 Å². The first-order valence-electron chi connectivity index (χ1n) is 5.11. The molecule has 0 aliphatic heterocycles. The largest absolute Gasteiger partial charge is 0.332 e. The van der Waals surface area contributed by atoms with Crippen LogP contribution in [0, 0.1) is 6.92 Å². The van der Waals surface area contributed by atoms with Gasteiger partial charge in [-0.3, -0.25) is 10.2 Å². The van der Waals surface area contributed by atoms with E-state index in [9.17, 15) is 4.79 Å². The van der Waals surface area contributed by atoms with Gasteiger partial charge in [0.15, 0.2) is 5.13 Å². The fraction of sp³-hybridized carbons (Fsp3) is 0.0909. The van der Waals surface area contributed by atoms with Crippen molar-refractivity contribution in [1.82, 2.24) is 10.4 Å². The molecule has 1 heterocycles. The van der Waals surface area contributed by atoms with Gasteiger partial charge in [0, 0.05) is 10.7 Å². The first kappa shape index (κ1) is 12.8. The number of thiazole rings is 1. The van der Waals surface area contributed by atoms with E-state index >= 15 is 0 Å². The maximum atomic E-state index is 11.4. The normalized spacial score (nSPS) is 10.2. The summed E-state index contributed by atoms with van der Waals surface area (Å²) < 4.78 is 0. The van der Waals surface area contributed by atoms with Gasteiger partial charge in [0.2, 0.25) is 0 Å². The second-order valence-electron chi connectivity index (χ2n) is 3.54. The van der Waals surface area contributed by atoms with Crippen molar-refractivity contribution < 1.29 is 4.79 Å². The molecular weight excluding hydrogens is 272 g/mol. The van der Waals surface area contributed by atoms with Gasteiger partial charge in [-0.25, -0.2) is 10.8 Å². The summed E-state index contributed by atoms with van der Waals surface area (Å²) >= 11 is 7.04. The Hall–Kier alpha value is -1.63. The quantitative estimate of drug-likeness (QED) is 0.459. The molecule has 7 heteroatoms. The van der Waals surface area contributed by atoms with Crippen molar-refractivity contribution in [3.05, 3.63) is 39.9 Å². The van der Waals surface area contributed by atoms with Crippen molar-refractivity contribution in [1.29, 1.82) is 0 Å². The van der Waals surface area contributed by atoms with Crippen LogP contribution >= 0.6 is 22.9 Å². The lowest BCUT2D eigenvalue weighted by Crippen LogP contribution is -2.29. The predicted octanol–water partition coefficient (Wildman–Crippen LogP) is 2.45. The third kappa shape index (κ3) is 2.79. The van der Waals surface area contributed by atoms with Crippen molar-refractivity contribution in [2.24, 2.45) is 5.84 Å². The van der Waals surface area contributed by atoms with Gasteiger partial charge in [-0.1, -0.05) is 22.9 Å². The Kier molecular flexibility index (Phi) is 3.81. The number of amides is 1. The average Bonchev–Trinajstić information content (AvgIpc) is 2.72. The lowest BCUT2D eigenvalue weighted by Gasteiger charge is -2.01. The van der Waals surface area contributed by atoms with Gasteiger partial charge in [0.1, 0.15) is 4.88 Å². The molecule has 0 bridgehead atoms. The third-order valence-corrected chi connectivity index (χ3v) is 3.55. The zero-order valence-corrected chi connectivity index (χ0v) is 11.1. The summed E-state index contributed by atoms with van der Waals surface area (Å²) in [5.74, 6) is 4.76. The molecule has 0 saturated carbocycles. The number of hydrogen-bond acceptors (Lipinski definition) is 5. The highest BCUT2D eigenvalue weighted by atomic mass is 35.5. The van der Waals surface area contributed by atoms with Crippen LogP contribution in [0.2, 0.25) is 5.02 Å². The molecule has 2 rings (SSSR count). The Bertz CT molecular complexity index is 567. The van der Waals surface area contributed by atoms with Gasteiger partial charge < -0.3 is 5.32 Å². The van der Waals surface area contributed by atoms with Crippen LogP contribution < -0.4 is 16.6 Å². The maximum Gasteiger partial charge on any atom is 0.277 e. The monoisotopic (exact) mass is 282 g/mol. The number of nitrogens with zero attached hydrogens (tertiary/aromatic N) is 1. The average molecular weight is 283 g/mol. The van der Waals surface area contributed by atoms with E-state index in [4.69, 9.17) is 17.4 Å². The van der Waals surface area contributed by atoms with Crippen molar-refractivity contribution in [2.45, 2.75) is 6.92 Å². The number of carbonyl (C=O) groups excluding carboxylic acids is 1. The molecule has 94 valence electrons. The number of aromatic nitrogens is 1. The van der Waals surface area contributed by atoms with Crippen LogP contribution in [0.5, 0.6) is 0 Å². The van der Waals surface area contributed by atoms with Gasteiger partial charge in [-0.2, -0.15) is 0 Å². The highest BCUT2D eigenvalue weighted by Crippen LogP contribution is 2.26. The number of benzene rings is 1. The SMILES string of the molecule is Cc1nc(Nc2ccc(Cl)cc2)sc1C(=O)NN. The standard InChI is InChI=1S/C11H11ClN4OS/c1-6-9(10(17)16-13)18-11(14-6)15-8-4-2-7(12)3-5-8/h2-5H,13H2,1H3,(H,14,15)(H,16,17). The van der Waals surface area contributed by atoms with Gasteiger partial charge in [-0.05, 0) is 31.2 Å². The second kappa shape index (κ2) is 5.34. The first-order chi connectivity index (χ1) is 8.60. The summed E-state index contributed by atoms with van der Waals surface area (Å²) in [5, 5.41) is 4.40. The Morgan fingerprint density at radius 2 is 2.06 bits per heavy atom. The van der Waals surface area contributed by atoms with E-state index in [1.165, 1.54) is 11.3 Å². The maximum absolute atomic E-state index is 11.4. The predicted molar refractivity (Wildman–Crippen MR) is 73.2 cm³/mol. The Morgan fingerprint density at radius 1 is 1.39 bits per heavy atom. The number of hydrazine groups is 1. The molecule has 0 radical (unpaired) electrons. The van der Waals surface area contributed by atoms with Gasteiger partial charge in [0.25, 0.3) is 5.91 Å². The number of halogens is 1. The lowest BCUT2D eigenvalue weighted by atomic mass is 10.3. The van der Waals surface area contributed by atoms with E-state index in [2.05, 4.69) is 15.7 Å². The fourth-order valence-electron chi connectivity index (χ4n) is 1.38. The Labute approximate surface area is 113 Å². The Balaban J connectivity index is 2.20. The fourth-order valence-corrected chi connectivity index (χ4v) is 2.40. The molecule has 4 N–H and O–H groups in total. The number of hydrogen-bond donors (Lipinski definition) is 3. The second-order valence-corrected chi connectivity index (χ2v) is 4.97. The number of nitrogens with one attached hydrogen (secondary N) is 2. The van der Waals surface area contributed by atoms with E-state index < -0.39 is 0 Å². The first-order valence-corrected chi connectivity index (χ1v) is 6.30. The molecular formula is C11H11ClN4OS. The Morgan fingerprint density at radius 3 is 2.67 bits per heavy atom. The minimum Gasteiger partial charge on any atom is -0.332 e. The highest BCUT2D eigenvalue weighted by Gasteiger charge is 2.14. The van der Waals surface area contributed by atoms with Crippen molar-refractivity contribution in [2.75, 3.05) is 5.32 Å². The zero-order chi connectivity index (χ0) is 13.1. The van der Waals surface area contributed by atoms with E-state index in [0.717, 1.165) is 5.69 Å². The number of nitrogens with two attached hydrogens (primary N) is 1. The summed E-state index contributed by atoms with van der Waals surface area (Å²) in [7, 11) is 0. The smallest absolute Gasteiger partial charge is 0.277 e. The molecule has 1 aromatic carbocycles. The van der Waals surface area contributed by atoms with E-state index in [1.54, 1.807) is 19.1 Å². The molecule has 0 aliphatic rings. The number of anilines is 2. The molecule has 1 amide bonds. The van der Waals surface area contributed by atoms with E-state index in [0.29, 0.717) is 20.7 Å². The molecule has 0 aliphatic carbocycles. The van der Waals surface area contributed by atoms with Crippen LogP contribution in [0.25, 0.3) is 0 Å². The van der Waals surface area contributed by atoms with E-state index in [1.807, 2.05) is 12.1 Å². The zero-order valence-electron chi connectivity index (χ0n) is 9.53. The molecule has 2 aromatic rings. The number of nitrogen functional groups attached to an aromatic ring is 1. The number of carbonyl (C=O) groups is 1. The van der Waals surface area contributed by atoms with Crippen molar-refractivity contribution in [3.8, 4) is 0 Å². The van der Waals surface area contributed by atoms with Crippen LogP contribution in [0.15, 0.2) is 24.3 Å². The highest BCUT2D eigenvalue weighted by molar-refractivity contribution is 7.17. The number of aryl methyl sites for hydroxylation is 1. The van der Waals surface area contributed by atoms with Crippen LogP contribution in [-0.2, 0) is 0 Å². The summed E-state index contributed by atoms with van der Waals surface area (Å²) in [6.07, 6.45) is 0. The lowest BCUT2D eigenvalue weighted by molar-refractivity contribution is 0.0957. The van der Waals surface area contributed by atoms with Gasteiger partial charge >= 0.3 is 0 Å². The molecule has 1 aromatic heterocycles. The summed E-state index contributed by atoms with van der Waals surface area (Å²) in [4.78, 5) is 16.2. The minimum atomic E-state index is -0.339. The number of rotatable bonds is 3. The summed E-state index contributed by atoms with van der Waals surface area (Å²) in [6, 6.07) is 7.22. The van der Waals surface area contributed by atoms with Crippen molar-refractivity contribution in [3.63, 3.8) is 0 Å². The summed E-state index contributed by atoms with van der Waals surface area (Å²) in [6.45, 7) is 1.76. The molecule has 18 heavy (non-hydrogen) atoms. The van der Waals surface area contributed by atoms with Crippen molar-refractivity contribution >= 4 is 39.7 Å². The minimum absolute atomic E-state index is 0.339. The van der Waals surface area contributed by atoms with Crippen LogP contribution in [0.4, 0.5) is 10.8 Å². The molecule has 0 saturated heterocycles. The molecule has 0 atom stereocenters. The van der Waals surface area contributed by atoms with Gasteiger partial charge in [-0.15, -0.1) is 0 Å². The molecule has 0 spiro atoms. The van der Waals surface area contributed by atoms with E-state index in [-0.39, 0.29) is 5.91 Å². The van der Waals surface area contributed by atoms with Crippen LogP contribution in [-0.4, -0.2) is 10.9 Å². The molecule has 5 nitrogen and oxygen atoms in total.